The number of fused-ring (bicyclic) bond motifs is 3. The van der Waals surface area contributed by atoms with Gasteiger partial charge in [-0.15, -0.1) is 21.5 Å². The highest BCUT2D eigenvalue weighted by Gasteiger charge is 2.52. The number of nitrogens with zero attached hydrogens (tertiary/aromatic N) is 11. The monoisotopic (exact) mass is 733 g/mol. The third-order valence-electron chi connectivity index (χ3n) is 10.7. The molecule has 2 unspecified atom stereocenters. The van der Waals surface area contributed by atoms with Crippen LogP contribution in [0.25, 0.3) is 5.70 Å². The molecule has 7 heterocycles. The Morgan fingerprint density at radius 1 is 1.10 bits per heavy atom. The van der Waals surface area contributed by atoms with Crippen molar-refractivity contribution in [3.8, 4) is 18.1 Å². The summed E-state index contributed by atoms with van der Waals surface area (Å²) < 4.78 is 19.9. The molecular weight excluding hydrogens is 693 g/mol. The summed E-state index contributed by atoms with van der Waals surface area (Å²) in [5.74, 6) is 2.10. The number of nitriles is 2. The van der Waals surface area contributed by atoms with Crippen molar-refractivity contribution in [2.45, 2.75) is 63.1 Å². The second-order valence-electron chi connectivity index (χ2n) is 13.8. The molecule has 2 atom stereocenters. The lowest BCUT2D eigenvalue weighted by atomic mass is 9.74. The maximum absolute atomic E-state index is 12.6. The molecule has 0 radical (unpaired) electrons. The Morgan fingerprint density at radius 2 is 1.84 bits per heavy atom. The summed E-state index contributed by atoms with van der Waals surface area (Å²) in [5, 5.41) is 29.2. The van der Waals surface area contributed by atoms with E-state index in [2.05, 4.69) is 42.1 Å². The summed E-state index contributed by atoms with van der Waals surface area (Å²) in [5.41, 5.74) is 15.2. The summed E-state index contributed by atoms with van der Waals surface area (Å²) in [7, 11) is 3.32. The zero-order valence-corrected chi connectivity index (χ0v) is 30.6. The van der Waals surface area contributed by atoms with Gasteiger partial charge in [0.2, 0.25) is 0 Å². The van der Waals surface area contributed by atoms with Gasteiger partial charge in [0.05, 0.1) is 35.7 Å². The molecule has 4 N–H and O–H groups in total. The number of ether oxygens (including phenoxy) is 1. The van der Waals surface area contributed by atoms with Crippen LogP contribution in [0.5, 0.6) is 6.01 Å². The molecule has 1 aliphatic carbocycles. The van der Waals surface area contributed by atoms with E-state index in [1.807, 2.05) is 18.9 Å². The smallest absolute Gasteiger partial charge is 0.320 e. The van der Waals surface area contributed by atoms with Crippen LogP contribution in [0.1, 0.15) is 65.3 Å². The van der Waals surface area contributed by atoms with Gasteiger partial charge in [0, 0.05) is 56.1 Å². The highest BCUT2D eigenvalue weighted by molar-refractivity contribution is 7.16. The zero-order chi connectivity index (χ0) is 36.0. The third-order valence-corrected chi connectivity index (χ3v) is 12.2. The molecule has 3 saturated heterocycles. The molecule has 0 saturated carbocycles. The van der Waals surface area contributed by atoms with Crippen LogP contribution >= 0.6 is 22.9 Å². The first-order chi connectivity index (χ1) is 24.6. The van der Waals surface area contributed by atoms with Crippen LogP contribution < -0.4 is 26.0 Å². The van der Waals surface area contributed by atoms with Crippen molar-refractivity contribution >= 4 is 51.0 Å². The Kier molecular flexibility index (Phi) is 9.52. The second-order valence-corrected chi connectivity index (χ2v) is 15.3. The number of hydrogen-bond acceptors (Lipinski definition) is 14. The largest absolute Gasteiger partial charge is 0.467 e. The van der Waals surface area contributed by atoms with E-state index in [0.29, 0.717) is 83.9 Å². The molecule has 14 nitrogen and oxygen atoms in total. The van der Waals surface area contributed by atoms with Crippen molar-refractivity contribution in [3.63, 3.8) is 0 Å². The molecule has 4 aliphatic heterocycles. The van der Waals surface area contributed by atoms with Gasteiger partial charge in [0.25, 0.3) is 0 Å². The minimum Gasteiger partial charge on any atom is -0.467 e. The Morgan fingerprint density at radius 3 is 2.51 bits per heavy atom. The van der Waals surface area contributed by atoms with E-state index in [4.69, 9.17) is 32.8 Å². The first-order valence-electron chi connectivity index (χ1n) is 17.2. The number of hydrogen-bond donors (Lipinski definition) is 2. The Balaban J connectivity index is 0.000000389. The molecule has 51 heavy (non-hydrogen) atoms. The minimum atomic E-state index is -0.518. The molecule has 0 amide bonds. The van der Waals surface area contributed by atoms with Crippen molar-refractivity contribution in [2.24, 2.45) is 17.8 Å². The van der Waals surface area contributed by atoms with Crippen molar-refractivity contribution in [1.29, 1.82) is 10.5 Å². The summed E-state index contributed by atoms with van der Waals surface area (Å²) >= 11 is 8.30. The fourth-order valence-electron chi connectivity index (χ4n) is 8.07. The summed E-state index contributed by atoms with van der Waals surface area (Å²) in [4.78, 5) is 21.4. The van der Waals surface area contributed by atoms with Crippen molar-refractivity contribution in [3.05, 3.63) is 38.2 Å². The van der Waals surface area contributed by atoms with Gasteiger partial charge in [-0.25, -0.2) is 4.39 Å². The van der Waals surface area contributed by atoms with Crippen LogP contribution in [-0.4, -0.2) is 100 Å². The van der Waals surface area contributed by atoms with E-state index < -0.39 is 6.17 Å². The van der Waals surface area contributed by atoms with Crippen molar-refractivity contribution in [1.82, 2.24) is 29.6 Å². The summed E-state index contributed by atoms with van der Waals surface area (Å²) in [6.45, 7) is 6.32. The van der Waals surface area contributed by atoms with Crippen LogP contribution in [-0.2, 0) is 18.9 Å². The number of alkyl halides is 1. The van der Waals surface area contributed by atoms with Crippen LogP contribution in [0.3, 0.4) is 0 Å². The van der Waals surface area contributed by atoms with Crippen LogP contribution in [0, 0.1) is 29.6 Å². The van der Waals surface area contributed by atoms with Gasteiger partial charge in [0.15, 0.2) is 17.5 Å². The predicted molar refractivity (Wildman–Crippen MR) is 195 cm³/mol. The van der Waals surface area contributed by atoms with E-state index in [9.17, 15) is 14.9 Å². The van der Waals surface area contributed by atoms with E-state index >= 15 is 0 Å². The lowest BCUT2D eigenvalue weighted by Gasteiger charge is -2.49. The maximum Gasteiger partial charge on any atom is 0.320 e. The number of rotatable bonds is 5. The number of methoxy groups -OCH3 is 1. The fourth-order valence-corrected chi connectivity index (χ4v) is 9.41. The van der Waals surface area contributed by atoms with Crippen LogP contribution in [0.15, 0.2) is 10.0 Å². The van der Waals surface area contributed by atoms with E-state index in [0.717, 1.165) is 37.8 Å². The average molecular weight is 734 g/mol. The molecular formula is C34H41ClFN13OS. The Labute approximate surface area is 305 Å². The molecule has 0 aromatic carbocycles. The van der Waals surface area contributed by atoms with Crippen molar-refractivity contribution < 1.29 is 9.13 Å². The number of anilines is 3. The first kappa shape index (κ1) is 34.9. The van der Waals surface area contributed by atoms with Gasteiger partial charge >= 0.3 is 6.01 Å². The van der Waals surface area contributed by atoms with E-state index in [1.54, 1.807) is 4.57 Å². The quantitative estimate of drug-likeness (QED) is 0.390. The van der Waals surface area contributed by atoms with Crippen LogP contribution in [0.4, 0.5) is 21.0 Å². The highest BCUT2D eigenvalue weighted by atomic mass is 35.5. The molecule has 5 aliphatic rings. The minimum absolute atomic E-state index is 0.156. The van der Waals surface area contributed by atoms with Crippen LogP contribution in [0.2, 0.25) is 0 Å². The molecule has 3 fully saturated rings. The number of halogens is 2. The molecule has 1 spiro atoms. The lowest BCUT2D eigenvalue weighted by Crippen LogP contribution is -2.59. The number of aryl methyl sites for hydroxylation is 2. The molecule has 17 heteroatoms. The normalized spacial score (nSPS) is 22.5. The zero-order valence-electron chi connectivity index (χ0n) is 29.0. The van der Waals surface area contributed by atoms with Gasteiger partial charge in [-0.05, 0) is 57.6 Å². The van der Waals surface area contributed by atoms with Gasteiger partial charge in [-0.2, -0.15) is 20.5 Å². The molecule has 3 aromatic heterocycles. The van der Waals surface area contributed by atoms with Crippen molar-refractivity contribution in [2.75, 3.05) is 68.5 Å². The molecule has 268 valence electrons. The molecule has 8 rings (SSSR count). The van der Waals surface area contributed by atoms with E-state index in [1.165, 1.54) is 36.2 Å². The summed E-state index contributed by atoms with van der Waals surface area (Å²) in [6.07, 6.45) is 5.35. The number of nitrogens with two attached hydrogens (primary N) is 2. The molecule has 3 aromatic rings. The predicted octanol–water partition coefficient (Wildman–Crippen LogP) is 3.42. The number of aromatic nitrogens is 5. The number of thiophene rings is 1. The average Bonchev–Trinajstić information content (AvgIpc) is 3.89. The topological polar surface area (TPSA) is 187 Å². The molecule has 0 bridgehead atoms. The Hall–Kier alpha value is -4.51. The third kappa shape index (κ3) is 6.23. The maximum atomic E-state index is 12.6. The van der Waals surface area contributed by atoms with E-state index in [-0.39, 0.29) is 28.7 Å². The SMILES string of the molecule is COc1nc(N2CCCN=C(/C(Cl)=C(\N)c3nnc(C)n3C)C2)c(C#N)c(N2CC3(CCc4sc(N)c(C#N)c43)C2)n1.FC1CC2CCCN2C1. The standard InChI is InChI=1S/C27H29ClN12OS.C7H12FN/c1-14-36-37-25(38(14)2)21(31)20(28)17-11-39(8-4-7-33-17)23-16(10-30)24(35-26(34-23)41-3)40-12-27(13-40)6-5-18-19(27)15(9-29)22(32)42-18;8-6-4-7-2-1-3-9(7)5-6/h4-8,11-13,31-32H2,1-3H3;6-7H,1-5H2/b21-20+;. The Bertz CT molecular complexity index is 1980. The van der Waals surface area contributed by atoms with Gasteiger partial charge in [-0.3, -0.25) is 9.89 Å². The highest BCUT2D eigenvalue weighted by Crippen LogP contribution is 2.53. The van der Waals surface area contributed by atoms with Gasteiger partial charge in [0.1, 0.15) is 34.7 Å². The first-order valence-corrected chi connectivity index (χ1v) is 18.4. The van der Waals surface area contributed by atoms with Gasteiger partial charge < -0.3 is 30.6 Å². The number of nitrogen functional groups attached to an aromatic ring is 1. The number of aliphatic imine (C=N–C) groups is 1. The van der Waals surface area contributed by atoms with Gasteiger partial charge in [-0.1, -0.05) is 11.6 Å². The summed E-state index contributed by atoms with van der Waals surface area (Å²) in [6, 6.07) is 5.42. The lowest BCUT2D eigenvalue weighted by molar-refractivity contribution is 0.292. The second kappa shape index (κ2) is 13.9. The fraction of sp³-hybridized carbons (Fsp3) is 0.559.